The fourth-order valence-electron chi connectivity index (χ4n) is 1.37. The van der Waals surface area contributed by atoms with Gasteiger partial charge in [-0.2, -0.15) is 0 Å². The Morgan fingerprint density at radius 3 is 2.82 bits per heavy atom. The van der Waals surface area contributed by atoms with Crippen LogP contribution in [-0.4, -0.2) is 11.1 Å². The number of anilines is 1. The summed E-state index contributed by atoms with van der Waals surface area (Å²) in [6.45, 7) is 0.416. The van der Waals surface area contributed by atoms with E-state index in [1.807, 2.05) is 0 Å². The SMILES string of the molecule is O=C(O)c1csc(CNc2ccccc2F)c1. The van der Waals surface area contributed by atoms with Gasteiger partial charge in [-0.15, -0.1) is 11.3 Å². The van der Waals surface area contributed by atoms with Gasteiger partial charge in [0.25, 0.3) is 0 Å². The average molecular weight is 251 g/mol. The zero-order valence-corrected chi connectivity index (χ0v) is 9.63. The first-order chi connectivity index (χ1) is 8.16. The van der Waals surface area contributed by atoms with Crippen molar-refractivity contribution in [3.05, 3.63) is 52.0 Å². The quantitative estimate of drug-likeness (QED) is 0.877. The third-order valence-corrected chi connectivity index (χ3v) is 3.16. The van der Waals surface area contributed by atoms with Crippen molar-refractivity contribution >= 4 is 23.0 Å². The minimum atomic E-state index is -0.946. The molecule has 0 saturated carbocycles. The number of nitrogens with one attached hydrogen (secondary N) is 1. The van der Waals surface area contributed by atoms with Gasteiger partial charge >= 0.3 is 5.97 Å². The number of rotatable bonds is 4. The van der Waals surface area contributed by atoms with E-state index in [4.69, 9.17) is 5.11 Å². The minimum Gasteiger partial charge on any atom is -0.478 e. The molecule has 0 atom stereocenters. The topological polar surface area (TPSA) is 49.3 Å². The van der Waals surface area contributed by atoms with E-state index in [1.54, 1.807) is 29.6 Å². The largest absolute Gasteiger partial charge is 0.478 e. The first-order valence-electron chi connectivity index (χ1n) is 4.96. The van der Waals surface area contributed by atoms with Gasteiger partial charge in [-0.05, 0) is 18.2 Å². The Morgan fingerprint density at radius 2 is 2.18 bits per heavy atom. The first-order valence-corrected chi connectivity index (χ1v) is 5.84. The van der Waals surface area contributed by atoms with E-state index in [1.165, 1.54) is 17.4 Å². The molecule has 0 fully saturated rings. The zero-order chi connectivity index (χ0) is 12.3. The number of carbonyl (C=O) groups is 1. The second-order valence-corrected chi connectivity index (χ2v) is 4.44. The third-order valence-electron chi connectivity index (χ3n) is 2.23. The van der Waals surface area contributed by atoms with E-state index in [0.717, 1.165) is 4.88 Å². The Kier molecular flexibility index (Phi) is 3.39. The van der Waals surface area contributed by atoms with Gasteiger partial charge in [-0.25, -0.2) is 9.18 Å². The number of hydrogen-bond acceptors (Lipinski definition) is 3. The molecule has 0 saturated heterocycles. The Labute approximate surface area is 102 Å². The lowest BCUT2D eigenvalue weighted by molar-refractivity contribution is 0.0697. The maximum Gasteiger partial charge on any atom is 0.336 e. The molecule has 1 heterocycles. The molecule has 0 aliphatic heterocycles. The lowest BCUT2D eigenvalue weighted by Gasteiger charge is -2.05. The van der Waals surface area contributed by atoms with Crippen molar-refractivity contribution in [2.75, 3.05) is 5.32 Å². The van der Waals surface area contributed by atoms with Crippen LogP contribution in [0.25, 0.3) is 0 Å². The molecule has 17 heavy (non-hydrogen) atoms. The predicted octanol–water partition coefficient (Wildman–Crippen LogP) is 3.20. The monoisotopic (exact) mass is 251 g/mol. The maximum atomic E-state index is 13.3. The normalized spacial score (nSPS) is 10.2. The van der Waals surface area contributed by atoms with Crippen molar-refractivity contribution in [1.82, 2.24) is 0 Å². The van der Waals surface area contributed by atoms with E-state index in [0.29, 0.717) is 12.2 Å². The number of benzene rings is 1. The molecule has 0 bridgehead atoms. The highest BCUT2D eigenvalue weighted by Crippen LogP contribution is 2.18. The summed E-state index contributed by atoms with van der Waals surface area (Å²) in [6, 6.07) is 7.96. The van der Waals surface area contributed by atoms with Crippen LogP contribution in [0.4, 0.5) is 10.1 Å². The minimum absolute atomic E-state index is 0.264. The van der Waals surface area contributed by atoms with Gasteiger partial charge in [0.05, 0.1) is 11.3 Å². The molecule has 0 aliphatic carbocycles. The molecular weight excluding hydrogens is 241 g/mol. The average Bonchev–Trinajstić information content (AvgIpc) is 2.77. The van der Waals surface area contributed by atoms with Gasteiger partial charge in [-0.1, -0.05) is 12.1 Å². The Balaban J connectivity index is 2.02. The van der Waals surface area contributed by atoms with Crippen LogP contribution in [-0.2, 0) is 6.54 Å². The lowest BCUT2D eigenvalue weighted by Crippen LogP contribution is -1.99. The molecule has 0 spiro atoms. The van der Waals surface area contributed by atoms with Gasteiger partial charge in [0, 0.05) is 16.8 Å². The summed E-state index contributed by atoms with van der Waals surface area (Å²) in [4.78, 5) is 11.5. The molecule has 2 N–H and O–H groups in total. The van der Waals surface area contributed by atoms with Crippen LogP contribution in [0.2, 0.25) is 0 Å². The summed E-state index contributed by atoms with van der Waals surface area (Å²) >= 11 is 1.34. The van der Waals surface area contributed by atoms with Crippen LogP contribution in [0.3, 0.4) is 0 Å². The summed E-state index contributed by atoms with van der Waals surface area (Å²) in [7, 11) is 0. The number of halogens is 1. The van der Waals surface area contributed by atoms with Gasteiger partial charge in [0.15, 0.2) is 0 Å². The highest BCUT2D eigenvalue weighted by atomic mass is 32.1. The van der Waals surface area contributed by atoms with Gasteiger partial charge < -0.3 is 10.4 Å². The number of carboxylic acid groups (broad SMARTS) is 1. The smallest absolute Gasteiger partial charge is 0.336 e. The van der Waals surface area contributed by atoms with Crippen molar-refractivity contribution in [2.45, 2.75) is 6.54 Å². The number of aromatic carboxylic acids is 1. The highest BCUT2D eigenvalue weighted by Gasteiger charge is 2.06. The summed E-state index contributed by atoms with van der Waals surface area (Å²) in [6.07, 6.45) is 0. The van der Waals surface area contributed by atoms with E-state index in [2.05, 4.69) is 5.32 Å². The molecule has 0 radical (unpaired) electrons. The molecule has 0 unspecified atom stereocenters. The number of thiophene rings is 1. The molecule has 1 aromatic heterocycles. The van der Waals surface area contributed by atoms with Crippen LogP contribution in [0, 0.1) is 5.82 Å². The fourth-order valence-corrected chi connectivity index (χ4v) is 2.17. The molecule has 1 aromatic carbocycles. The Morgan fingerprint density at radius 1 is 1.41 bits per heavy atom. The molecule has 0 amide bonds. The molecule has 2 rings (SSSR count). The van der Waals surface area contributed by atoms with E-state index < -0.39 is 5.97 Å². The molecule has 3 nitrogen and oxygen atoms in total. The number of para-hydroxylation sites is 1. The molecule has 88 valence electrons. The fraction of sp³-hybridized carbons (Fsp3) is 0.0833. The third kappa shape index (κ3) is 2.82. The molecule has 5 heteroatoms. The Hall–Kier alpha value is -1.88. The summed E-state index contributed by atoms with van der Waals surface area (Å²) in [5.74, 6) is -1.26. The Bertz CT molecular complexity index is 539. The zero-order valence-electron chi connectivity index (χ0n) is 8.81. The van der Waals surface area contributed by atoms with Crippen LogP contribution in [0.5, 0.6) is 0 Å². The van der Waals surface area contributed by atoms with Gasteiger partial charge in [0.1, 0.15) is 5.82 Å². The second-order valence-electron chi connectivity index (χ2n) is 3.44. The van der Waals surface area contributed by atoms with Crippen LogP contribution < -0.4 is 5.32 Å². The summed E-state index contributed by atoms with van der Waals surface area (Å²) < 4.78 is 13.3. The standard InChI is InChI=1S/C12H10FNO2S/c13-10-3-1-2-4-11(10)14-6-9-5-8(7-17-9)12(15)16/h1-5,7,14H,6H2,(H,15,16). The second kappa shape index (κ2) is 4.97. The van der Waals surface area contributed by atoms with Crippen LogP contribution >= 0.6 is 11.3 Å². The van der Waals surface area contributed by atoms with Gasteiger partial charge in [-0.3, -0.25) is 0 Å². The van der Waals surface area contributed by atoms with E-state index in [-0.39, 0.29) is 11.4 Å². The van der Waals surface area contributed by atoms with Crippen LogP contribution in [0.1, 0.15) is 15.2 Å². The maximum absolute atomic E-state index is 13.3. The van der Waals surface area contributed by atoms with Crippen molar-refractivity contribution in [2.24, 2.45) is 0 Å². The lowest BCUT2D eigenvalue weighted by atomic mass is 10.3. The summed E-state index contributed by atoms with van der Waals surface area (Å²) in [5.41, 5.74) is 0.679. The number of carboxylic acids is 1. The predicted molar refractivity (Wildman–Crippen MR) is 65.0 cm³/mol. The van der Waals surface area contributed by atoms with E-state index in [9.17, 15) is 9.18 Å². The number of hydrogen-bond donors (Lipinski definition) is 2. The molecule has 2 aromatic rings. The molecular formula is C12H10FNO2S. The van der Waals surface area contributed by atoms with Crippen molar-refractivity contribution in [3.8, 4) is 0 Å². The van der Waals surface area contributed by atoms with Crippen molar-refractivity contribution in [1.29, 1.82) is 0 Å². The van der Waals surface area contributed by atoms with E-state index >= 15 is 0 Å². The van der Waals surface area contributed by atoms with Crippen molar-refractivity contribution < 1.29 is 14.3 Å². The first kappa shape index (κ1) is 11.6. The van der Waals surface area contributed by atoms with Crippen LogP contribution in [0.15, 0.2) is 35.7 Å². The van der Waals surface area contributed by atoms with Crippen molar-refractivity contribution in [3.63, 3.8) is 0 Å². The highest BCUT2D eigenvalue weighted by molar-refractivity contribution is 7.10. The summed E-state index contributed by atoms with van der Waals surface area (Å²) in [5, 5.41) is 13.2. The molecule has 0 aliphatic rings. The van der Waals surface area contributed by atoms with Gasteiger partial charge in [0.2, 0.25) is 0 Å².